The van der Waals surface area contributed by atoms with Gasteiger partial charge >= 0.3 is 0 Å². The van der Waals surface area contributed by atoms with E-state index in [1.54, 1.807) is 19.1 Å². The van der Waals surface area contributed by atoms with E-state index in [1.807, 2.05) is 14.1 Å². The Kier molecular flexibility index (Phi) is 7.15. The fourth-order valence-electron chi connectivity index (χ4n) is 1.90. The predicted octanol–water partition coefficient (Wildman–Crippen LogP) is 2.97. The van der Waals surface area contributed by atoms with Gasteiger partial charge in [0.1, 0.15) is 17.4 Å². The van der Waals surface area contributed by atoms with E-state index in [0.29, 0.717) is 17.9 Å². The van der Waals surface area contributed by atoms with E-state index in [-0.39, 0.29) is 11.1 Å². The molecule has 3 N–H and O–H groups in total. The summed E-state index contributed by atoms with van der Waals surface area (Å²) in [6.45, 7) is 2.16. The van der Waals surface area contributed by atoms with Crippen molar-refractivity contribution in [2.24, 2.45) is 5.73 Å². The molecule has 0 radical (unpaired) electrons. The summed E-state index contributed by atoms with van der Waals surface area (Å²) in [5, 5.41) is 2.75. The molecule has 0 aliphatic heterocycles. The molecule has 1 amide bonds. The van der Waals surface area contributed by atoms with Gasteiger partial charge in [-0.1, -0.05) is 6.07 Å². The molecule has 6 heteroatoms. The zero-order valence-corrected chi connectivity index (χ0v) is 13.3. The Balaban J connectivity index is 0.000000816. The van der Waals surface area contributed by atoms with Crippen molar-refractivity contribution in [1.29, 1.82) is 0 Å². The van der Waals surface area contributed by atoms with Crippen molar-refractivity contribution in [3.63, 3.8) is 0 Å². The molecule has 0 saturated heterocycles. The van der Waals surface area contributed by atoms with Gasteiger partial charge in [0.15, 0.2) is 0 Å². The third-order valence-electron chi connectivity index (χ3n) is 2.79. The van der Waals surface area contributed by atoms with Crippen LogP contribution in [0.5, 0.6) is 5.75 Å². The van der Waals surface area contributed by atoms with Crippen molar-refractivity contribution in [3.05, 3.63) is 53.6 Å². The molecule has 0 aromatic heterocycles. The minimum atomic E-state index is -0.704. The smallest absolute Gasteiger partial charge is 0.252 e. The Bertz CT molecular complexity index is 676. The van der Waals surface area contributed by atoms with Crippen LogP contribution in [-0.2, 0) is 0 Å². The van der Waals surface area contributed by atoms with E-state index in [9.17, 15) is 13.6 Å². The van der Waals surface area contributed by atoms with Gasteiger partial charge in [0.2, 0.25) is 0 Å². The highest BCUT2D eigenvalue weighted by molar-refractivity contribution is 5.97. The predicted molar refractivity (Wildman–Crippen MR) is 86.5 cm³/mol. The lowest BCUT2D eigenvalue weighted by Gasteiger charge is -2.10. The number of hydrogen-bond acceptors (Lipinski definition) is 3. The highest BCUT2D eigenvalue weighted by Crippen LogP contribution is 2.28. The molecule has 0 aliphatic carbocycles. The second-order valence-corrected chi connectivity index (χ2v) is 4.63. The second kappa shape index (κ2) is 8.85. The lowest BCUT2D eigenvalue weighted by atomic mass is 10.0. The maximum absolute atomic E-state index is 13.7. The number of nitrogens with two attached hydrogens (primary N) is 1. The second-order valence-electron chi connectivity index (χ2n) is 4.63. The van der Waals surface area contributed by atoms with Crippen LogP contribution in [0.2, 0.25) is 0 Å². The SMILES string of the molecule is CCOc1ccc(-c2ccc(F)cc2F)cc1C(N)=O.CNC. The maximum atomic E-state index is 13.7. The van der Waals surface area contributed by atoms with Crippen LogP contribution in [0.3, 0.4) is 0 Å². The molecule has 0 atom stereocenters. The number of amides is 1. The van der Waals surface area contributed by atoms with Gasteiger partial charge in [0.05, 0.1) is 12.2 Å². The van der Waals surface area contributed by atoms with Crippen molar-refractivity contribution < 1.29 is 18.3 Å². The van der Waals surface area contributed by atoms with E-state index in [0.717, 1.165) is 12.1 Å². The van der Waals surface area contributed by atoms with Crippen LogP contribution < -0.4 is 15.8 Å². The first-order chi connectivity index (χ1) is 10.9. The van der Waals surface area contributed by atoms with Gasteiger partial charge in [-0.05, 0) is 50.8 Å². The summed E-state index contributed by atoms with van der Waals surface area (Å²) in [4.78, 5) is 11.4. The van der Waals surface area contributed by atoms with Gasteiger partial charge in [-0.2, -0.15) is 0 Å². The molecule has 0 saturated carbocycles. The summed E-state index contributed by atoms with van der Waals surface area (Å²) in [5.41, 5.74) is 6.06. The molecule has 0 aliphatic rings. The number of hydrogen-bond donors (Lipinski definition) is 2. The molecule has 2 aromatic carbocycles. The van der Waals surface area contributed by atoms with Crippen molar-refractivity contribution in [2.45, 2.75) is 6.92 Å². The van der Waals surface area contributed by atoms with E-state index in [2.05, 4.69) is 5.32 Å². The van der Waals surface area contributed by atoms with Crippen molar-refractivity contribution in [2.75, 3.05) is 20.7 Å². The van der Waals surface area contributed by atoms with Gasteiger partial charge in [-0.3, -0.25) is 4.79 Å². The van der Waals surface area contributed by atoms with Crippen LogP contribution in [0.1, 0.15) is 17.3 Å². The van der Waals surface area contributed by atoms with E-state index in [1.165, 1.54) is 12.1 Å². The van der Waals surface area contributed by atoms with Crippen LogP contribution in [-0.4, -0.2) is 26.6 Å². The molecule has 2 aromatic rings. The van der Waals surface area contributed by atoms with Crippen LogP contribution in [0, 0.1) is 11.6 Å². The summed E-state index contributed by atoms with van der Waals surface area (Å²) in [6, 6.07) is 7.82. The summed E-state index contributed by atoms with van der Waals surface area (Å²) < 4.78 is 31.9. The van der Waals surface area contributed by atoms with E-state index >= 15 is 0 Å². The van der Waals surface area contributed by atoms with Gasteiger partial charge in [-0.15, -0.1) is 0 Å². The van der Waals surface area contributed by atoms with Gasteiger partial charge in [0.25, 0.3) is 5.91 Å². The molecule has 0 bridgehead atoms. The Morgan fingerprint density at radius 1 is 1.17 bits per heavy atom. The number of ether oxygens (including phenoxy) is 1. The standard InChI is InChI=1S/C15H13F2NO2.C2H7N/c1-2-20-14-6-3-9(7-12(14)15(18)19)11-5-4-10(16)8-13(11)17;1-3-2/h3-8H,2H2,1H3,(H2,18,19);3H,1-2H3. The number of nitrogens with one attached hydrogen (secondary N) is 1. The summed E-state index contributed by atoms with van der Waals surface area (Å²) in [6.07, 6.45) is 0. The Morgan fingerprint density at radius 3 is 2.35 bits per heavy atom. The minimum absolute atomic E-state index is 0.160. The first-order valence-corrected chi connectivity index (χ1v) is 7.05. The molecule has 0 unspecified atom stereocenters. The van der Waals surface area contributed by atoms with Crippen molar-refractivity contribution >= 4 is 5.91 Å². The van der Waals surface area contributed by atoms with Crippen LogP contribution >= 0.6 is 0 Å². The molecular formula is C17H20F2N2O2. The number of carbonyl (C=O) groups is 1. The van der Waals surface area contributed by atoms with Gasteiger partial charge in [-0.25, -0.2) is 8.78 Å². The first kappa shape index (κ1) is 18.6. The fraction of sp³-hybridized carbons (Fsp3) is 0.235. The van der Waals surface area contributed by atoms with E-state index in [4.69, 9.17) is 10.5 Å². The normalized spacial score (nSPS) is 9.78. The Labute approximate surface area is 134 Å². The Hall–Kier alpha value is -2.47. The third-order valence-corrected chi connectivity index (χ3v) is 2.79. The molecule has 0 fully saturated rings. The van der Waals surface area contributed by atoms with Crippen molar-refractivity contribution in [1.82, 2.24) is 5.32 Å². The monoisotopic (exact) mass is 322 g/mol. The van der Waals surface area contributed by atoms with E-state index < -0.39 is 17.5 Å². The van der Waals surface area contributed by atoms with Gasteiger partial charge in [0, 0.05) is 11.6 Å². The Morgan fingerprint density at radius 2 is 1.83 bits per heavy atom. The zero-order chi connectivity index (χ0) is 17.4. The average Bonchev–Trinajstić information content (AvgIpc) is 2.49. The summed E-state index contributed by atoms with van der Waals surface area (Å²) >= 11 is 0. The lowest BCUT2D eigenvalue weighted by molar-refractivity contribution is 0.0996. The van der Waals surface area contributed by atoms with Gasteiger partial charge < -0.3 is 15.8 Å². The molecule has 0 spiro atoms. The summed E-state index contributed by atoms with van der Waals surface area (Å²) in [7, 11) is 3.75. The molecule has 0 heterocycles. The largest absolute Gasteiger partial charge is 0.493 e. The van der Waals surface area contributed by atoms with Crippen molar-refractivity contribution in [3.8, 4) is 16.9 Å². The topological polar surface area (TPSA) is 64.3 Å². The van der Waals surface area contributed by atoms with Crippen LogP contribution in [0.25, 0.3) is 11.1 Å². The highest BCUT2D eigenvalue weighted by atomic mass is 19.1. The average molecular weight is 322 g/mol. The van der Waals surface area contributed by atoms with Crippen LogP contribution in [0.4, 0.5) is 8.78 Å². The fourth-order valence-corrected chi connectivity index (χ4v) is 1.90. The lowest BCUT2D eigenvalue weighted by Crippen LogP contribution is -2.13. The maximum Gasteiger partial charge on any atom is 0.252 e. The number of halogens is 2. The number of rotatable bonds is 4. The first-order valence-electron chi connectivity index (χ1n) is 7.05. The number of benzene rings is 2. The third kappa shape index (κ3) is 5.03. The molecular weight excluding hydrogens is 302 g/mol. The molecule has 23 heavy (non-hydrogen) atoms. The molecule has 4 nitrogen and oxygen atoms in total. The summed E-state index contributed by atoms with van der Waals surface area (Å²) in [5.74, 6) is -1.69. The quantitative estimate of drug-likeness (QED) is 0.909. The molecule has 124 valence electrons. The number of primary amides is 1. The zero-order valence-electron chi connectivity index (χ0n) is 13.3. The van der Waals surface area contributed by atoms with Crippen LogP contribution in [0.15, 0.2) is 36.4 Å². The minimum Gasteiger partial charge on any atom is -0.493 e. The number of carbonyl (C=O) groups excluding carboxylic acids is 1. The molecule has 2 rings (SSSR count). The highest BCUT2D eigenvalue weighted by Gasteiger charge is 2.13.